The van der Waals surface area contributed by atoms with Crippen LogP contribution < -0.4 is 10.4 Å². The third-order valence-electron chi connectivity index (χ3n) is 6.44. The Kier molecular flexibility index (Phi) is 7.22. The fourth-order valence-corrected chi connectivity index (χ4v) is 4.55. The van der Waals surface area contributed by atoms with E-state index in [-0.39, 0.29) is 12.2 Å². The molecule has 178 valence electrons. The van der Waals surface area contributed by atoms with Crippen molar-refractivity contribution in [3.63, 3.8) is 0 Å². The average Bonchev–Trinajstić information content (AvgIpc) is 3.29. The molecule has 34 heavy (non-hydrogen) atoms. The zero-order valence-corrected chi connectivity index (χ0v) is 19.5. The van der Waals surface area contributed by atoms with Crippen molar-refractivity contribution in [3.05, 3.63) is 65.5 Å². The Bertz CT molecular complexity index is 1130. The van der Waals surface area contributed by atoms with Crippen molar-refractivity contribution in [2.75, 3.05) is 24.6 Å². The maximum absolute atomic E-state index is 12.0. The Morgan fingerprint density at radius 2 is 1.97 bits per heavy atom. The zero-order chi connectivity index (χ0) is 23.2. The van der Waals surface area contributed by atoms with Crippen LogP contribution in [0.25, 0.3) is 17.1 Å². The number of hydrogen-bond donors (Lipinski definition) is 2. The average molecular weight is 461 g/mol. The summed E-state index contributed by atoms with van der Waals surface area (Å²) in [5, 5.41) is 0. The number of piperidine rings is 1. The molecule has 0 saturated carbocycles. The smallest absolute Gasteiger partial charge is 0.267 e. The number of fused-ring (bicyclic) bond motifs is 1. The Morgan fingerprint density at radius 1 is 1.12 bits per heavy atom. The maximum atomic E-state index is 12.0. The minimum absolute atomic E-state index is 0.301. The Morgan fingerprint density at radius 3 is 2.76 bits per heavy atom. The number of H-pyrrole nitrogens is 1. The van der Waals surface area contributed by atoms with E-state index in [1.165, 1.54) is 31.0 Å². The molecule has 1 atom stereocenters. The number of aromatic nitrogens is 2. The van der Waals surface area contributed by atoms with Crippen LogP contribution in [0.2, 0.25) is 0 Å². The minimum Gasteiger partial charge on any atom is -0.371 e. The number of rotatable bonds is 7. The van der Waals surface area contributed by atoms with Crippen molar-refractivity contribution in [3.8, 4) is 0 Å². The summed E-state index contributed by atoms with van der Waals surface area (Å²) in [6.45, 7) is 2.94. The lowest BCUT2D eigenvalue weighted by Gasteiger charge is -2.28. The van der Waals surface area contributed by atoms with E-state index in [1.54, 1.807) is 6.08 Å². The third kappa shape index (κ3) is 5.85. The van der Waals surface area contributed by atoms with E-state index in [0.717, 1.165) is 66.8 Å². The highest BCUT2D eigenvalue weighted by molar-refractivity contribution is 5.90. The van der Waals surface area contributed by atoms with Crippen molar-refractivity contribution in [1.82, 2.24) is 15.4 Å². The van der Waals surface area contributed by atoms with Crippen molar-refractivity contribution in [1.29, 1.82) is 0 Å². The number of imidazole rings is 1. The first-order valence-electron chi connectivity index (χ1n) is 12.3. The molecule has 0 spiro atoms. The van der Waals surface area contributed by atoms with Gasteiger partial charge >= 0.3 is 0 Å². The lowest BCUT2D eigenvalue weighted by molar-refractivity contribution is -0.198. The van der Waals surface area contributed by atoms with Gasteiger partial charge < -0.3 is 14.6 Å². The van der Waals surface area contributed by atoms with Gasteiger partial charge in [0.05, 0.1) is 11.0 Å². The number of benzene rings is 2. The van der Waals surface area contributed by atoms with Crippen LogP contribution in [0.15, 0.2) is 48.5 Å². The van der Waals surface area contributed by atoms with Crippen LogP contribution in [0.5, 0.6) is 0 Å². The van der Waals surface area contributed by atoms with E-state index in [2.05, 4.69) is 45.7 Å². The molecule has 2 aromatic carbocycles. The second-order valence-electron chi connectivity index (χ2n) is 9.06. The van der Waals surface area contributed by atoms with Crippen LogP contribution in [0.3, 0.4) is 0 Å². The lowest BCUT2D eigenvalue weighted by atomic mass is 10.1. The van der Waals surface area contributed by atoms with Gasteiger partial charge in [-0.3, -0.25) is 4.79 Å². The monoisotopic (exact) mass is 460 g/mol. The van der Waals surface area contributed by atoms with Gasteiger partial charge in [0.1, 0.15) is 5.82 Å². The van der Waals surface area contributed by atoms with Gasteiger partial charge in [-0.2, -0.15) is 0 Å². The number of nitrogens with zero attached hydrogens (tertiary/aromatic N) is 2. The summed E-state index contributed by atoms with van der Waals surface area (Å²) in [6.07, 6.45) is 10.4. The van der Waals surface area contributed by atoms with E-state index >= 15 is 0 Å². The van der Waals surface area contributed by atoms with Crippen molar-refractivity contribution >= 4 is 28.7 Å². The topological polar surface area (TPSA) is 79.5 Å². The van der Waals surface area contributed by atoms with Gasteiger partial charge in [0.2, 0.25) is 0 Å². The number of anilines is 1. The molecule has 0 aliphatic carbocycles. The zero-order valence-electron chi connectivity index (χ0n) is 19.5. The first-order chi connectivity index (χ1) is 16.7. The van der Waals surface area contributed by atoms with Crippen LogP contribution in [-0.4, -0.2) is 41.9 Å². The van der Waals surface area contributed by atoms with Crippen molar-refractivity contribution < 1.29 is 14.4 Å². The standard InChI is InChI=1S/C27H32N4O3/c32-26(30-34-27-6-2-5-17-33-27)14-11-20-7-9-21(10-8-20)18-25-28-23-13-12-22(19-24(23)29-25)31-15-3-1-4-16-31/h7-14,19,27H,1-6,15-18H2,(H,28,29)(H,30,32)/b14-11+. The number of aromatic amines is 1. The normalized spacial score (nSPS) is 19.1. The van der Waals surface area contributed by atoms with Gasteiger partial charge in [-0.05, 0) is 67.5 Å². The number of ether oxygens (including phenoxy) is 1. The molecule has 1 unspecified atom stereocenters. The number of hydroxylamine groups is 1. The Hall–Kier alpha value is -3.16. The van der Waals surface area contributed by atoms with E-state index in [9.17, 15) is 4.79 Å². The number of hydrogen-bond acceptors (Lipinski definition) is 5. The molecule has 0 bridgehead atoms. The van der Waals surface area contributed by atoms with Gasteiger partial charge in [0.15, 0.2) is 6.29 Å². The first-order valence-corrected chi connectivity index (χ1v) is 12.3. The van der Waals surface area contributed by atoms with Gasteiger partial charge in [0.25, 0.3) is 5.91 Å². The number of nitrogens with one attached hydrogen (secondary N) is 2. The van der Waals surface area contributed by atoms with Crippen LogP contribution in [0.4, 0.5) is 5.69 Å². The summed E-state index contributed by atoms with van der Waals surface area (Å²) in [6, 6.07) is 14.7. The van der Waals surface area contributed by atoms with Gasteiger partial charge in [-0.15, -0.1) is 0 Å². The molecule has 2 fully saturated rings. The quantitative estimate of drug-likeness (QED) is 0.394. The highest BCUT2D eigenvalue weighted by Crippen LogP contribution is 2.24. The number of amides is 1. The van der Waals surface area contributed by atoms with E-state index in [1.807, 2.05) is 12.1 Å². The molecular weight excluding hydrogens is 428 g/mol. The van der Waals surface area contributed by atoms with Gasteiger partial charge in [-0.1, -0.05) is 24.3 Å². The predicted molar refractivity (Wildman–Crippen MR) is 133 cm³/mol. The molecule has 5 rings (SSSR count). The molecule has 2 N–H and O–H groups in total. The number of carbonyl (C=O) groups is 1. The predicted octanol–water partition coefficient (Wildman–Crippen LogP) is 4.73. The Labute approximate surface area is 200 Å². The summed E-state index contributed by atoms with van der Waals surface area (Å²) in [4.78, 5) is 28.0. The summed E-state index contributed by atoms with van der Waals surface area (Å²) < 4.78 is 5.44. The molecule has 0 radical (unpaired) electrons. The van der Waals surface area contributed by atoms with Crippen molar-refractivity contribution in [2.24, 2.45) is 0 Å². The van der Waals surface area contributed by atoms with Gasteiger partial charge in [0, 0.05) is 44.3 Å². The molecule has 2 aliphatic rings. The molecule has 2 aliphatic heterocycles. The summed E-state index contributed by atoms with van der Waals surface area (Å²) in [5.41, 5.74) is 7.90. The molecular formula is C27H32N4O3. The second kappa shape index (κ2) is 10.8. The Balaban J connectivity index is 1.16. The van der Waals surface area contributed by atoms with Crippen LogP contribution in [-0.2, 0) is 20.8 Å². The fourth-order valence-electron chi connectivity index (χ4n) is 4.55. The summed E-state index contributed by atoms with van der Waals surface area (Å²) in [7, 11) is 0. The summed E-state index contributed by atoms with van der Waals surface area (Å²) in [5.74, 6) is 0.653. The van der Waals surface area contributed by atoms with Crippen molar-refractivity contribution in [2.45, 2.75) is 51.2 Å². The highest BCUT2D eigenvalue weighted by atomic mass is 16.8. The second-order valence-corrected chi connectivity index (χ2v) is 9.06. The molecule has 7 nitrogen and oxygen atoms in total. The molecule has 3 heterocycles. The van der Waals surface area contributed by atoms with E-state index in [0.29, 0.717) is 6.61 Å². The minimum atomic E-state index is -0.347. The number of carbonyl (C=O) groups excluding carboxylic acids is 1. The molecule has 1 aromatic heterocycles. The highest BCUT2D eigenvalue weighted by Gasteiger charge is 2.15. The molecule has 7 heteroatoms. The largest absolute Gasteiger partial charge is 0.371 e. The SMILES string of the molecule is O=C(/C=C/c1ccc(Cc2nc3cc(N4CCCCC4)ccc3[nH]2)cc1)NOC1CCCCO1. The first kappa shape index (κ1) is 22.6. The lowest BCUT2D eigenvalue weighted by Crippen LogP contribution is -2.32. The molecule has 3 aromatic rings. The van der Waals surface area contributed by atoms with E-state index in [4.69, 9.17) is 14.6 Å². The molecule has 2 saturated heterocycles. The third-order valence-corrected chi connectivity index (χ3v) is 6.44. The van der Waals surface area contributed by atoms with Gasteiger partial charge in [-0.25, -0.2) is 15.3 Å². The molecule has 1 amide bonds. The fraction of sp³-hybridized carbons (Fsp3) is 0.407. The summed E-state index contributed by atoms with van der Waals surface area (Å²) >= 11 is 0. The van der Waals surface area contributed by atoms with E-state index < -0.39 is 0 Å². The van der Waals surface area contributed by atoms with Crippen LogP contribution in [0.1, 0.15) is 55.5 Å². The van der Waals surface area contributed by atoms with Crippen LogP contribution >= 0.6 is 0 Å². The maximum Gasteiger partial charge on any atom is 0.267 e. The van der Waals surface area contributed by atoms with Crippen LogP contribution in [0, 0.1) is 0 Å².